The van der Waals surface area contributed by atoms with Crippen LogP contribution >= 0.6 is 44.5 Å². The summed E-state index contributed by atoms with van der Waals surface area (Å²) in [5, 5.41) is 0. The van der Waals surface area contributed by atoms with Crippen molar-refractivity contribution in [2.75, 3.05) is 5.75 Å². The Kier molecular flexibility index (Phi) is 5.30. The van der Waals surface area contributed by atoms with Crippen molar-refractivity contribution >= 4 is 44.5 Å². The Morgan fingerprint density at radius 2 is 1.89 bits per heavy atom. The van der Waals surface area contributed by atoms with Gasteiger partial charge in [-0.1, -0.05) is 30.3 Å². The lowest BCUT2D eigenvalue weighted by Crippen LogP contribution is -2.24. The Hall–Kier alpha value is -0.520. The van der Waals surface area contributed by atoms with Crippen LogP contribution in [0.25, 0.3) is 0 Å². The van der Waals surface area contributed by atoms with E-state index in [4.69, 9.17) is 0 Å². The lowest BCUT2D eigenvalue weighted by atomic mass is 10.0. The van der Waals surface area contributed by atoms with E-state index in [0.29, 0.717) is 16.8 Å². The highest BCUT2D eigenvalue weighted by Gasteiger charge is 2.12. The maximum absolute atomic E-state index is 12.1. The summed E-state index contributed by atoms with van der Waals surface area (Å²) in [4.78, 5) is 12.1. The summed E-state index contributed by atoms with van der Waals surface area (Å²) in [5.74, 6) is 0.907. The van der Waals surface area contributed by atoms with Gasteiger partial charge in [0.2, 0.25) is 0 Å². The molecule has 5 heteroatoms. The molecule has 2 nitrogen and oxygen atoms in total. The van der Waals surface area contributed by atoms with Gasteiger partial charge in [-0.25, -0.2) is 0 Å². The van der Waals surface area contributed by atoms with Gasteiger partial charge in [-0.05, 0) is 49.2 Å². The first kappa shape index (κ1) is 14.9. The van der Waals surface area contributed by atoms with Gasteiger partial charge in [0.15, 0.2) is 0 Å². The highest BCUT2D eigenvalue weighted by Crippen LogP contribution is 2.20. The van der Waals surface area contributed by atoms with Gasteiger partial charge in [0.1, 0.15) is 0 Å². The minimum atomic E-state index is -0.0223. The molecule has 1 atom stereocenters. The smallest absolute Gasteiger partial charge is 0.264 e. The summed E-state index contributed by atoms with van der Waals surface area (Å²) in [6.45, 7) is 0.615. The number of pyridine rings is 1. The average molecular weight is 403 g/mol. The van der Waals surface area contributed by atoms with Crippen molar-refractivity contribution in [1.82, 2.24) is 4.57 Å². The van der Waals surface area contributed by atoms with Gasteiger partial charge < -0.3 is 4.57 Å². The van der Waals surface area contributed by atoms with Crippen LogP contribution in [0, 0.1) is 0 Å². The van der Waals surface area contributed by atoms with E-state index in [9.17, 15) is 4.79 Å². The fourth-order valence-corrected chi connectivity index (χ4v) is 3.52. The van der Waals surface area contributed by atoms with Crippen molar-refractivity contribution in [3.63, 3.8) is 0 Å². The molecule has 0 spiro atoms. The van der Waals surface area contributed by atoms with Crippen LogP contribution < -0.4 is 5.56 Å². The van der Waals surface area contributed by atoms with Gasteiger partial charge >= 0.3 is 0 Å². The quantitative estimate of drug-likeness (QED) is 0.764. The zero-order valence-corrected chi connectivity index (χ0v) is 14.2. The maximum atomic E-state index is 12.1. The Bertz CT molecular complexity index is 613. The molecule has 0 saturated heterocycles. The Labute approximate surface area is 134 Å². The Morgan fingerprint density at radius 1 is 1.21 bits per heavy atom. The predicted molar refractivity (Wildman–Crippen MR) is 89.1 cm³/mol. The fourth-order valence-electron chi connectivity index (χ4n) is 1.93. The third-order valence-electron chi connectivity index (χ3n) is 2.92. The second kappa shape index (κ2) is 6.77. The summed E-state index contributed by atoms with van der Waals surface area (Å²) < 4.78 is 3.15. The number of hydrogen-bond donors (Lipinski definition) is 1. The standard InChI is InChI=1S/C14H13Br2NOS/c15-12-6-13(16)14(18)17(8-12)7-11(9-19)10-4-2-1-3-5-10/h1-6,8,11,19H,7,9H2. The first-order valence-electron chi connectivity index (χ1n) is 5.83. The van der Waals surface area contributed by atoms with E-state index in [-0.39, 0.29) is 11.5 Å². The third-order valence-corrected chi connectivity index (χ3v) is 4.36. The van der Waals surface area contributed by atoms with Crippen LogP contribution in [0.15, 0.2) is 56.3 Å². The lowest BCUT2D eigenvalue weighted by Gasteiger charge is -2.17. The number of thiol groups is 1. The molecular formula is C14H13Br2NOS. The molecule has 0 radical (unpaired) electrons. The van der Waals surface area contributed by atoms with Crippen LogP contribution in [0.4, 0.5) is 0 Å². The molecule has 0 amide bonds. The molecule has 0 fully saturated rings. The molecular weight excluding hydrogens is 390 g/mol. The van der Waals surface area contributed by atoms with E-state index in [1.54, 1.807) is 10.6 Å². The van der Waals surface area contributed by atoms with Crippen molar-refractivity contribution in [2.45, 2.75) is 12.5 Å². The summed E-state index contributed by atoms with van der Waals surface area (Å²) in [6, 6.07) is 11.9. The summed E-state index contributed by atoms with van der Waals surface area (Å²) >= 11 is 11.1. The fraction of sp³-hybridized carbons (Fsp3) is 0.214. The highest BCUT2D eigenvalue weighted by molar-refractivity contribution is 9.11. The predicted octanol–water partition coefficient (Wildman–Crippen LogP) is 4.09. The minimum Gasteiger partial charge on any atom is -0.313 e. The molecule has 2 rings (SSSR count). The normalized spacial score (nSPS) is 12.4. The molecule has 0 bridgehead atoms. The van der Waals surface area contributed by atoms with E-state index in [1.165, 1.54) is 5.56 Å². The molecule has 1 aromatic carbocycles. The number of aromatic nitrogens is 1. The van der Waals surface area contributed by atoms with Crippen molar-refractivity contribution in [3.8, 4) is 0 Å². The van der Waals surface area contributed by atoms with Crippen LogP contribution in [0.1, 0.15) is 11.5 Å². The monoisotopic (exact) mass is 401 g/mol. The van der Waals surface area contributed by atoms with Crippen molar-refractivity contribution in [2.24, 2.45) is 0 Å². The number of rotatable bonds is 4. The Morgan fingerprint density at radius 3 is 2.53 bits per heavy atom. The molecule has 1 heterocycles. The summed E-state index contributed by atoms with van der Waals surface area (Å²) in [6.07, 6.45) is 1.81. The van der Waals surface area contributed by atoms with Gasteiger partial charge in [-0.15, -0.1) is 0 Å². The molecule has 0 N–H and O–H groups in total. The molecule has 0 aliphatic carbocycles. The third kappa shape index (κ3) is 3.74. The van der Waals surface area contributed by atoms with Crippen LogP contribution in [0.2, 0.25) is 0 Å². The topological polar surface area (TPSA) is 22.0 Å². The van der Waals surface area contributed by atoms with Crippen LogP contribution in [0.3, 0.4) is 0 Å². The second-order valence-corrected chi connectivity index (χ2v) is 6.39. The highest BCUT2D eigenvalue weighted by atomic mass is 79.9. The minimum absolute atomic E-state index is 0.0223. The molecule has 0 saturated carbocycles. The molecule has 0 aliphatic heterocycles. The van der Waals surface area contributed by atoms with Gasteiger partial charge in [-0.3, -0.25) is 4.79 Å². The van der Waals surface area contributed by atoms with E-state index >= 15 is 0 Å². The van der Waals surface area contributed by atoms with E-state index in [1.807, 2.05) is 24.4 Å². The van der Waals surface area contributed by atoms with Gasteiger partial charge in [-0.2, -0.15) is 12.6 Å². The van der Waals surface area contributed by atoms with Crippen LogP contribution in [-0.2, 0) is 6.54 Å². The summed E-state index contributed by atoms with van der Waals surface area (Å²) in [5.41, 5.74) is 1.17. The Balaban J connectivity index is 2.32. The van der Waals surface area contributed by atoms with Crippen molar-refractivity contribution in [3.05, 3.63) is 67.5 Å². The van der Waals surface area contributed by atoms with Gasteiger partial charge in [0.25, 0.3) is 5.56 Å². The largest absolute Gasteiger partial charge is 0.313 e. The number of halogens is 2. The van der Waals surface area contributed by atoms with Crippen molar-refractivity contribution in [1.29, 1.82) is 0 Å². The number of benzene rings is 1. The molecule has 1 unspecified atom stereocenters. The van der Waals surface area contributed by atoms with E-state index in [0.717, 1.165) is 4.47 Å². The van der Waals surface area contributed by atoms with Gasteiger partial charge in [0, 0.05) is 23.1 Å². The van der Waals surface area contributed by atoms with E-state index < -0.39 is 0 Å². The number of hydrogen-bond acceptors (Lipinski definition) is 2. The lowest BCUT2D eigenvalue weighted by molar-refractivity contribution is 0.584. The SMILES string of the molecule is O=c1c(Br)cc(Br)cn1CC(CS)c1ccccc1. The van der Waals surface area contributed by atoms with Crippen LogP contribution in [0.5, 0.6) is 0 Å². The maximum Gasteiger partial charge on any atom is 0.264 e. The first-order valence-corrected chi connectivity index (χ1v) is 8.05. The number of nitrogens with zero attached hydrogens (tertiary/aromatic N) is 1. The summed E-state index contributed by atoms with van der Waals surface area (Å²) in [7, 11) is 0. The average Bonchev–Trinajstić information content (AvgIpc) is 2.42. The molecule has 2 aromatic rings. The second-order valence-electron chi connectivity index (χ2n) is 4.25. The molecule has 19 heavy (non-hydrogen) atoms. The molecule has 1 aromatic heterocycles. The first-order chi connectivity index (χ1) is 9.11. The zero-order valence-electron chi connectivity index (χ0n) is 10.1. The molecule has 0 aliphatic rings. The van der Waals surface area contributed by atoms with Crippen LogP contribution in [-0.4, -0.2) is 10.3 Å². The zero-order chi connectivity index (χ0) is 13.8. The van der Waals surface area contributed by atoms with Gasteiger partial charge in [0.05, 0.1) is 4.47 Å². The van der Waals surface area contributed by atoms with Crippen molar-refractivity contribution < 1.29 is 0 Å². The molecule has 100 valence electrons. The van der Waals surface area contributed by atoms with E-state index in [2.05, 4.69) is 56.6 Å².